The molecule has 5 nitrogen and oxygen atoms in total. The van der Waals surface area contributed by atoms with E-state index >= 15 is 0 Å². The van der Waals surface area contributed by atoms with Crippen LogP contribution in [0.2, 0.25) is 5.02 Å². The second kappa shape index (κ2) is 6.72. The third-order valence-corrected chi connectivity index (χ3v) is 3.44. The Kier molecular flexibility index (Phi) is 4.96. The van der Waals surface area contributed by atoms with E-state index in [0.29, 0.717) is 28.7 Å². The number of carboxylic acid groups (broad SMARTS) is 1. The van der Waals surface area contributed by atoms with Crippen molar-refractivity contribution >= 4 is 17.6 Å². The zero-order chi connectivity index (χ0) is 15.4. The predicted octanol–water partition coefficient (Wildman–Crippen LogP) is 3.00. The third-order valence-electron chi connectivity index (χ3n) is 3.19. The molecule has 0 bridgehead atoms. The van der Waals surface area contributed by atoms with Gasteiger partial charge in [0.15, 0.2) is 0 Å². The molecule has 0 fully saturated rings. The fraction of sp³-hybridized carbons (Fsp3) is 0.400. The molecule has 0 aliphatic carbocycles. The van der Waals surface area contributed by atoms with Crippen LogP contribution < -0.4 is 0 Å². The van der Waals surface area contributed by atoms with Crippen LogP contribution in [0, 0.1) is 5.92 Å². The maximum absolute atomic E-state index is 11.6. The number of rotatable bonds is 6. The molecule has 1 aromatic heterocycles. The summed E-state index contributed by atoms with van der Waals surface area (Å²) in [7, 11) is 0. The molecular weight excluding hydrogens is 290 g/mol. The molecule has 0 amide bonds. The Morgan fingerprint density at radius 1 is 1.33 bits per heavy atom. The normalized spacial score (nSPS) is 12.6. The highest BCUT2D eigenvalue weighted by Gasteiger charge is 2.23. The van der Waals surface area contributed by atoms with Crippen molar-refractivity contribution in [2.75, 3.05) is 0 Å². The number of aliphatic carboxylic acids is 1. The maximum atomic E-state index is 11.6. The number of carbonyl (C=O) groups is 1. The van der Waals surface area contributed by atoms with Crippen LogP contribution in [0.3, 0.4) is 0 Å². The van der Waals surface area contributed by atoms with Crippen molar-refractivity contribution in [2.45, 2.75) is 32.7 Å². The molecule has 21 heavy (non-hydrogen) atoms. The first-order valence-electron chi connectivity index (χ1n) is 6.82. The number of benzene rings is 1. The van der Waals surface area contributed by atoms with Crippen molar-refractivity contribution in [2.24, 2.45) is 5.92 Å². The molecule has 2 aromatic rings. The average molecular weight is 308 g/mol. The Morgan fingerprint density at radius 2 is 2.00 bits per heavy atom. The van der Waals surface area contributed by atoms with Gasteiger partial charge in [-0.15, -0.1) is 0 Å². The summed E-state index contributed by atoms with van der Waals surface area (Å²) in [6.45, 7) is 4.89. The molecule has 2 rings (SSSR count). The quantitative estimate of drug-likeness (QED) is 0.890. The van der Waals surface area contributed by atoms with Crippen LogP contribution in [0.15, 0.2) is 30.6 Å². The molecular formula is C15H18ClN3O2. The van der Waals surface area contributed by atoms with E-state index in [9.17, 15) is 9.90 Å². The zero-order valence-corrected chi connectivity index (χ0v) is 12.8. The van der Waals surface area contributed by atoms with Gasteiger partial charge >= 0.3 is 5.97 Å². The summed E-state index contributed by atoms with van der Waals surface area (Å²) in [5.41, 5.74) is 0.714. The standard InChI is InChI=1S/C15H18ClN3O2/c1-10(2)8-19-14(17-9-18-19)7-13(15(20)21)11-3-5-12(16)6-4-11/h3-6,9-10,13H,7-8H2,1-2H3,(H,20,21). The van der Waals surface area contributed by atoms with Gasteiger partial charge in [0.25, 0.3) is 0 Å². The van der Waals surface area contributed by atoms with Gasteiger partial charge in [-0.2, -0.15) is 5.10 Å². The summed E-state index contributed by atoms with van der Waals surface area (Å²) in [6.07, 6.45) is 1.78. The molecule has 6 heteroatoms. The van der Waals surface area contributed by atoms with Crippen molar-refractivity contribution in [3.05, 3.63) is 47.0 Å². The number of carboxylic acids is 1. The molecule has 112 valence electrons. The minimum Gasteiger partial charge on any atom is -0.481 e. The molecule has 0 saturated carbocycles. The molecule has 0 spiro atoms. The van der Waals surface area contributed by atoms with E-state index in [1.54, 1.807) is 28.9 Å². The lowest BCUT2D eigenvalue weighted by Crippen LogP contribution is -2.18. The van der Waals surface area contributed by atoms with Gasteiger partial charge in [0, 0.05) is 18.0 Å². The maximum Gasteiger partial charge on any atom is 0.311 e. The van der Waals surface area contributed by atoms with Crippen molar-refractivity contribution in [3.63, 3.8) is 0 Å². The predicted molar refractivity (Wildman–Crippen MR) is 80.4 cm³/mol. The second-order valence-corrected chi connectivity index (χ2v) is 5.84. The van der Waals surface area contributed by atoms with Gasteiger partial charge in [0.1, 0.15) is 12.2 Å². The van der Waals surface area contributed by atoms with Crippen LogP contribution in [0.1, 0.15) is 31.2 Å². The molecule has 1 atom stereocenters. The Bertz CT molecular complexity index is 608. The minimum absolute atomic E-state index is 0.309. The molecule has 0 radical (unpaired) electrons. The van der Waals surface area contributed by atoms with E-state index in [4.69, 9.17) is 11.6 Å². The molecule has 1 N–H and O–H groups in total. The van der Waals surface area contributed by atoms with Crippen molar-refractivity contribution in [3.8, 4) is 0 Å². The van der Waals surface area contributed by atoms with E-state index in [-0.39, 0.29) is 0 Å². The van der Waals surface area contributed by atoms with Crippen molar-refractivity contribution < 1.29 is 9.90 Å². The van der Waals surface area contributed by atoms with E-state index in [1.165, 1.54) is 6.33 Å². The Labute approximate surface area is 128 Å². The summed E-state index contributed by atoms with van der Waals surface area (Å²) >= 11 is 5.85. The van der Waals surface area contributed by atoms with Gasteiger partial charge in [-0.05, 0) is 23.6 Å². The first-order chi connectivity index (χ1) is 9.97. The van der Waals surface area contributed by atoms with Gasteiger partial charge in [-0.25, -0.2) is 9.67 Å². The molecule has 1 aromatic carbocycles. The Balaban J connectivity index is 2.23. The highest BCUT2D eigenvalue weighted by Crippen LogP contribution is 2.22. The van der Waals surface area contributed by atoms with Crippen LogP contribution in [-0.2, 0) is 17.8 Å². The van der Waals surface area contributed by atoms with Crippen LogP contribution in [0.4, 0.5) is 0 Å². The highest BCUT2D eigenvalue weighted by atomic mass is 35.5. The smallest absolute Gasteiger partial charge is 0.311 e. The van der Waals surface area contributed by atoms with Gasteiger partial charge in [0.05, 0.1) is 5.92 Å². The lowest BCUT2D eigenvalue weighted by Gasteiger charge is -2.14. The van der Waals surface area contributed by atoms with Gasteiger partial charge in [-0.3, -0.25) is 4.79 Å². The SMILES string of the molecule is CC(C)Cn1ncnc1CC(C(=O)O)c1ccc(Cl)cc1. The lowest BCUT2D eigenvalue weighted by molar-refractivity contribution is -0.138. The van der Waals surface area contributed by atoms with Crippen molar-refractivity contribution in [1.29, 1.82) is 0 Å². The fourth-order valence-corrected chi connectivity index (χ4v) is 2.30. The van der Waals surface area contributed by atoms with E-state index in [0.717, 1.165) is 6.54 Å². The van der Waals surface area contributed by atoms with Crippen LogP contribution in [0.25, 0.3) is 0 Å². The van der Waals surface area contributed by atoms with Gasteiger partial charge < -0.3 is 5.11 Å². The summed E-state index contributed by atoms with van der Waals surface area (Å²) in [5, 5.41) is 14.2. The molecule has 1 heterocycles. The zero-order valence-electron chi connectivity index (χ0n) is 12.0. The van der Waals surface area contributed by atoms with Crippen LogP contribution in [0.5, 0.6) is 0 Å². The summed E-state index contributed by atoms with van der Waals surface area (Å²) in [5.74, 6) is -0.427. The fourth-order valence-electron chi connectivity index (χ4n) is 2.17. The number of hydrogen-bond donors (Lipinski definition) is 1. The monoisotopic (exact) mass is 307 g/mol. The largest absolute Gasteiger partial charge is 0.481 e. The number of nitrogens with zero attached hydrogens (tertiary/aromatic N) is 3. The summed E-state index contributed by atoms with van der Waals surface area (Å²) in [6, 6.07) is 6.88. The van der Waals surface area contributed by atoms with E-state index < -0.39 is 11.9 Å². The first-order valence-corrected chi connectivity index (χ1v) is 7.20. The summed E-state index contributed by atoms with van der Waals surface area (Å²) in [4.78, 5) is 15.8. The van der Waals surface area contributed by atoms with E-state index in [2.05, 4.69) is 23.9 Å². The number of aromatic nitrogens is 3. The molecule has 0 aliphatic rings. The second-order valence-electron chi connectivity index (χ2n) is 5.40. The molecule has 1 unspecified atom stereocenters. The summed E-state index contributed by atoms with van der Waals surface area (Å²) < 4.78 is 1.77. The average Bonchev–Trinajstić information content (AvgIpc) is 2.83. The number of hydrogen-bond acceptors (Lipinski definition) is 3. The molecule has 0 saturated heterocycles. The number of halogens is 1. The minimum atomic E-state index is -0.878. The highest BCUT2D eigenvalue weighted by molar-refractivity contribution is 6.30. The molecule has 0 aliphatic heterocycles. The van der Waals surface area contributed by atoms with Gasteiger partial charge in [0.2, 0.25) is 0 Å². The topological polar surface area (TPSA) is 68.0 Å². The first kappa shape index (κ1) is 15.5. The lowest BCUT2D eigenvalue weighted by atomic mass is 9.95. The van der Waals surface area contributed by atoms with E-state index in [1.807, 2.05) is 0 Å². The Morgan fingerprint density at radius 3 is 2.57 bits per heavy atom. The van der Waals surface area contributed by atoms with Crippen LogP contribution in [-0.4, -0.2) is 25.8 Å². The van der Waals surface area contributed by atoms with Gasteiger partial charge in [-0.1, -0.05) is 37.6 Å². The van der Waals surface area contributed by atoms with Crippen molar-refractivity contribution in [1.82, 2.24) is 14.8 Å². The Hall–Kier alpha value is -1.88. The third kappa shape index (κ3) is 4.04. The van der Waals surface area contributed by atoms with Crippen LogP contribution >= 0.6 is 11.6 Å².